The molecule has 0 saturated heterocycles. The van der Waals surface area contributed by atoms with Gasteiger partial charge in [-0.3, -0.25) is 14.5 Å². The molecule has 0 spiro atoms. The normalized spacial score (nSPS) is 10.6. The molecule has 0 aliphatic carbocycles. The number of nitrogens with one attached hydrogen (secondary N) is 1. The molecule has 0 atom stereocenters. The molecular weight excluding hydrogens is 263 g/mol. The van der Waals surface area contributed by atoms with Crippen LogP contribution in [0.2, 0.25) is 0 Å². The minimum absolute atomic E-state index is 0.0102. The summed E-state index contributed by atoms with van der Waals surface area (Å²) >= 11 is 0. The third-order valence-electron chi connectivity index (χ3n) is 2.65. The highest BCUT2D eigenvalue weighted by Gasteiger charge is 2.07. The molecule has 7 heteroatoms. The number of hydrogen-bond donors (Lipinski definition) is 3. The molecule has 1 rings (SSSR count). The summed E-state index contributed by atoms with van der Waals surface area (Å²) in [5, 5.41) is 2.63. The first kappa shape index (κ1) is 15.9. The Bertz CT molecular complexity index is 493. The Morgan fingerprint density at radius 2 is 2.10 bits per heavy atom. The number of anilines is 2. The van der Waals surface area contributed by atoms with E-state index in [9.17, 15) is 14.0 Å². The van der Waals surface area contributed by atoms with Crippen LogP contribution in [-0.2, 0) is 9.59 Å². The number of carbonyl (C=O) groups excluding carboxylic acids is 2. The van der Waals surface area contributed by atoms with Gasteiger partial charge in [-0.25, -0.2) is 4.39 Å². The van der Waals surface area contributed by atoms with Gasteiger partial charge >= 0.3 is 0 Å². The van der Waals surface area contributed by atoms with Crippen molar-refractivity contribution in [3.8, 4) is 0 Å². The summed E-state index contributed by atoms with van der Waals surface area (Å²) in [6.45, 7) is 0.748. The third-order valence-corrected chi connectivity index (χ3v) is 2.65. The van der Waals surface area contributed by atoms with Gasteiger partial charge in [-0.05, 0) is 38.2 Å². The monoisotopic (exact) mass is 282 g/mol. The molecule has 2 amide bonds. The minimum Gasteiger partial charge on any atom is -0.396 e. The lowest BCUT2D eigenvalue weighted by atomic mass is 10.2. The number of primary amides is 1. The van der Waals surface area contributed by atoms with Gasteiger partial charge in [-0.15, -0.1) is 0 Å². The number of benzene rings is 1. The van der Waals surface area contributed by atoms with E-state index in [2.05, 4.69) is 5.32 Å². The summed E-state index contributed by atoms with van der Waals surface area (Å²) in [4.78, 5) is 24.1. The number of nitrogens with two attached hydrogens (primary N) is 2. The fourth-order valence-corrected chi connectivity index (χ4v) is 1.70. The fraction of sp³-hybridized carbons (Fsp3) is 0.385. The molecule has 0 unspecified atom stereocenters. The lowest BCUT2D eigenvalue weighted by molar-refractivity contribution is -0.118. The number of carbonyl (C=O) groups is 2. The molecule has 1 aromatic rings. The molecule has 0 radical (unpaired) electrons. The van der Waals surface area contributed by atoms with Crippen LogP contribution < -0.4 is 16.8 Å². The standard InChI is InChI=1S/C13H19FN4O2/c1-18(8-12(16)19)6-2-3-13(20)17-9-4-5-10(14)11(15)7-9/h4-5,7H,2-3,6,8,15H2,1H3,(H2,16,19)(H,17,20). The second kappa shape index (κ2) is 7.44. The van der Waals surface area contributed by atoms with Crippen LogP contribution >= 0.6 is 0 Å². The highest BCUT2D eigenvalue weighted by atomic mass is 19.1. The Balaban J connectivity index is 2.33. The van der Waals surface area contributed by atoms with Gasteiger partial charge in [-0.1, -0.05) is 0 Å². The summed E-state index contributed by atoms with van der Waals surface area (Å²) in [6, 6.07) is 4.01. The zero-order valence-corrected chi connectivity index (χ0v) is 11.4. The quantitative estimate of drug-likeness (QED) is 0.635. The highest BCUT2D eigenvalue weighted by Crippen LogP contribution is 2.16. The van der Waals surface area contributed by atoms with Gasteiger partial charge in [0.15, 0.2) is 0 Å². The maximum absolute atomic E-state index is 13.0. The fourth-order valence-electron chi connectivity index (χ4n) is 1.70. The van der Waals surface area contributed by atoms with E-state index >= 15 is 0 Å². The van der Waals surface area contributed by atoms with Gasteiger partial charge in [0.25, 0.3) is 0 Å². The first-order valence-corrected chi connectivity index (χ1v) is 6.20. The van der Waals surface area contributed by atoms with Crippen molar-refractivity contribution in [3.63, 3.8) is 0 Å². The number of halogens is 1. The first-order chi connectivity index (χ1) is 9.38. The lowest BCUT2D eigenvalue weighted by Gasteiger charge is -2.13. The number of rotatable bonds is 7. The van der Waals surface area contributed by atoms with Crippen LogP contribution in [0.15, 0.2) is 18.2 Å². The van der Waals surface area contributed by atoms with Crippen molar-refractivity contribution < 1.29 is 14.0 Å². The Kier molecular flexibility index (Phi) is 5.92. The second-order valence-electron chi connectivity index (χ2n) is 4.59. The van der Waals surface area contributed by atoms with Crippen molar-refractivity contribution in [1.82, 2.24) is 4.90 Å². The molecule has 0 aliphatic rings. The number of nitrogens with zero attached hydrogens (tertiary/aromatic N) is 1. The molecule has 0 bridgehead atoms. The predicted molar refractivity (Wildman–Crippen MR) is 75.4 cm³/mol. The molecule has 20 heavy (non-hydrogen) atoms. The minimum atomic E-state index is -0.518. The zero-order valence-electron chi connectivity index (χ0n) is 11.4. The van der Waals surface area contributed by atoms with E-state index in [1.54, 1.807) is 11.9 Å². The van der Waals surface area contributed by atoms with E-state index in [1.165, 1.54) is 18.2 Å². The van der Waals surface area contributed by atoms with Crippen molar-refractivity contribution in [2.75, 3.05) is 31.2 Å². The first-order valence-electron chi connectivity index (χ1n) is 6.20. The molecule has 0 heterocycles. The SMILES string of the molecule is CN(CCCC(=O)Nc1ccc(F)c(N)c1)CC(N)=O. The van der Waals surface area contributed by atoms with Crippen LogP contribution in [0.4, 0.5) is 15.8 Å². The van der Waals surface area contributed by atoms with E-state index in [0.29, 0.717) is 25.1 Å². The molecule has 110 valence electrons. The van der Waals surface area contributed by atoms with Crippen LogP contribution in [0, 0.1) is 5.82 Å². The third kappa shape index (κ3) is 5.66. The molecule has 0 fully saturated rings. The van der Waals surface area contributed by atoms with Crippen molar-refractivity contribution in [2.24, 2.45) is 5.73 Å². The van der Waals surface area contributed by atoms with Gasteiger partial charge in [0.1, 0.15) is 5.82 Å². The highest BCUT2D eigenvalue weighted by molar-refractivity contribution is 5.91. The molecule has 5 N–H and O–H groups in total. The van der Waals surface area contributed by atoms with Gasteiger partial charge in [0, 0.05) is 12.1 Å². The van der Waals surface area contributed by atoms with Crippen molar-refractivity contribution >= 4 is 23.2 Å². The van der Waals surface area contributed by atoms with Crippen molar-refractivity contribution in [2.45, 2.75) is 12.8 Å². The molecule has 1 aromatic carbocycles. The van der Waals surface area contributed by atoms with E-state index < -0.39 is 11.7 Å². The number of likely N-dealkylation sites (N-methyl/N-ethyl adjacent to an activating group) is 1. The average Bonchev–Trinajstić information content (AvgIpc) is 2.33. The largest absolute Gasteiger partial charge is 0.396 e. The molecule has 0 aliphatic heterocycles. The summed E-state index contributed by atoms with van der Waals surface area (Å²) in [7, 11) is 1.75. The Morgan fingerprint density at radius 1 is 1.40 bits per heavy atom. The summed E-state index contributed by atoms with van der Waals surface area (Å²) in [5.74, 6) is -1.11. The number of hydrogen-bond acceptors (Lipinski definition) is 4. The van der Waals surface area contributed by atoms with Gasteiger partial charge < -0.3 is 16.8 Å². The van der Waals surface area contributed by atoms with E-state index in [4.69, 9.17) is 11.5 Å². The average molecular weight is 282 g/mol. The van der Waals surface area contributed by atoms with E-state index in [1.807, 2.05) is 0 Å². The second-order valence-corrected chi connectivity index (χ2v) is 4.59. The predicted octanol–water partition coefficient (Wildman–Crippen LogP) is 0.544. The Morgan fingerprint density at radius 3 is 2.70 bits per heavy atom. The number of amides is 2. The zero-order chi connectivity index (χ0) is 15.1. The summed E-state index contributed by atoms with van der Waals surface area (Å²) in [5.41, 5.74) is 10.9. The molecular formula is C13H19FN4O2. The number of nitrogen functional groups attached to an aromatic ring is 1. The molecule has 0 aromatic heterocycles. The summed E-state index contributed by atoms with van der Waals surface area (Å²) < 4.78 is 13.0. The van der Waals surface area contributed by atoms with Gasteiger partial charge in [0.2, 0.25) is 11.8 Å². The summed E-state index contributed by atoms with van der Waals surface area (Å²) in [6.07, 6.45) is 0.882. The van der Waals surface area contributed by atoms with Crippen LogP contribution in [-0.4, -0.2) is 36.9 Å². The van der Waals surface area contributed by atoms with Crippen molar-refractivity contribution in [3.05, 3.63) is 24.0 Å². The maximum Gasteiger partial charge on any atom is 0.231 e. The van der Waals surface area contributed by atoms with E-state index in [-0.39, 0.29) is 18.1 Å². The van der Waals surface area contributed by atoms with Gasteiger partial charge in [0.05, 0.1) is 12.2 Å². The lowest BCUT2D eigenvalue weighted by Crippen LogP contribution is -2.31. The topological polar surface area (TPSA) is 101 Å². The van der Waals surface area contributed by atoms with Crippen LogP contribution in [0.5, 0.6) is 0 Å². The molecule has 0 saturated carbocycles. The van der Waals surface area contributed by atoms with Crippen LogP contribution in [0.1, 0.15) is 12.8 Å². The smallest absolute Gasteiger partial charge is 0.231 e. The maximum atomic E-state index is 13.0. The molecule has 6 nitrogen and oxygen atoms in total. The Hall–Kier alpha value is -2.15. The van der Waals surface area contributed by atoms with E-state index in [0.717, 1.165) is 0 Å². The van der Waals surface area contributed by atoms with Gasteiger partial charge in [-0.2, -0.15) is 0 Å². The van der Waals surface area contributed by atoms with Crippen LogP contribution in [0.25, 0.3) is 0 Å². The van der Waals surface area contributed by atoms with Crippen molar-refractivity contribution in [1.29, 1.82) is 0 Å². The Labute approximate surface area is 116 Å². The van der Waals surface area contributed by atoms with Crippen LogP contribution in [0.3, 0.4) is 0 Å².